The van der Waals surface area contributed by atoms with E-state index in [1.54, 1.807) is 49.4 Å². The van der Waals surface area contributed by atoms with Crippen LogP contribution in [0.2, 0.25) is 0 Å². The number of aryl methyl sites for hydroxylation is 1. The van der Waals surface area contributed by atoms with Gasteiger partial charge in [-0.25, -0.2) is 8.42 Å². The Morgan fingerprint density at radius 2 is 1.67 bits per heavy atom. The molecule has 1 fully saturated rings. The molecule has 2 amide bonds. The summed E-state index contributed by atoms with van der Waals surface area (Å²) < 4.78 is 25.5. The summed E-state index contributed by atoms with van der Waals surface area (Å²) >= 11 is 0. The van der Waals surface area contributed by atoms with E-state index in [-0.39, 0.29) is 19.0 Å². The van der Waals surface area contributed by atoms with Crippen molar-refractivity contribution in [3.8, 4) is 0 Å². The molecule has 2 aromatic rings. The lowest BCUT2D eigenvalue weighted by molar-refractivity contribution is -0.119. The van der Waals surface area contributed by atoms with Crippen LogP contribution in [0.4, 0.5) is 5.69 Å². The third-order valence-electron chi connectivity index (χ3n) is 5.16. The van der Waals surface area contributed by atoms with E-state index in [2.05, 4.69) is 5.32 Å². The van der Waals surface area contributed by atoms with Crippen molar-refractivity contribution in [2.24, 2.45) is 0 Å². The van der Waals surface area contributed by atoms with E-state index >= 15 is 0 Å². The smallest absolute Gasteiger partial charge is 0.253 e. The fourth-order valence-electron chi connectivity index (χ4n) is 3.48. The van der Waals surface area contributed by atoms with Gasteiger partial charge >= 0.3 is 0 Å². The van der Waals surface area contributed by atoms with Gasteiger partial charge in [-0.1, -0.05) is 30.3 Å². The largest absolute Gasteiger partial charge is 0.350 e. The van der Waals surface area contributed by atoms with E-state index in [0.717, 1.165) is 47.6 Å². The average molecular weight is 430 g/mol. The Hall–Kier alpha value is -2.87. The molecule has 3 rings (SSSR count). The fourth-order valence-corrected chi connectivity index (χ4v) is 4.39. The first-order valence-corrected chi connectivity index (χ1v) is 11.8. The van der Waals surface area contributed by atoms with E-state index in [4.69, 9.17) is 0 Å². The van der Waals surface area contributed by atoms with Crippen molar-refractivity contribution >= 4 is 27.5 Å². The number of rotatable bonds is 7. The molecule has 0 aliphatic carbocycles. The van der Waals surface area contributed by atoms with Crippen molar-refractivity contribution in [1.82, 2.24) is 10.2 Å². The zero-order chi connectivity index (χ0) is 21.7. The molecule has 1 aliphatic rings. The van der Waals surface area contributed by atoms with Crippen LogP contribution in [0, 0.1) is 6.92 Å². The number of likely N-dealkylation sites (tertiary alicyclic amines) is 1. The zero-order valence-electron chi connectivity index (χ0n) is 17.3. The van der Waals surface area contributed by atoms with Gasteiger partial charge in [0.15, 0.2) is 0 Å². The Labute approximate surface area is 177 Å². The van der Waals surface area contributed by atoms with Crippen molar-refractivity contribution in [3.63, 3.8) is 0 Å². The quantitative estimate of drug-likeness (QED) is 0.732. The van der Waals surface area contributed by atoms with Gasteiger partial charge < -0.3 is 10.2 Å². The van der Waals surface area contributed by atoms with Crippen LogP contribution in [-0.4, -0.2) is 51.0 Å². The molecule has 2 aromatic carbocycles. The van der Waals surface area contributed by atoms with Gasteiger partial charge in [0.05, 0.1) is 11.9 Å². The zero-order valence-corrected chi connectivity index (χ0v) is 18.1. The van der Waals surface area contributed by atoms with Crippen molar-refractivity contribution in [3.05, 3.63) is 65.2 Å². The second kappa shape index (κ2) is 9.30. The first kappa shape index (κ1) is 21.8. The molecule has 8 heteroatoms. The Kier molecular flexibility index (Phi) is 6.77. The van der Waals surface area contributed by atoms with Gasteiger partial charge in [0.2, 0.25) is 15.9 Å². The van der Waals surface area contributed by atoms with E-state index in [0.29, 0.717) is 11.3 Å². The lowest BCUT2D eigenvalue weighted by Gasteiger charge is -2.23. The van der Waals surface area contributed by atoms with Crippen LogP contribution in [0.15, 0.2) is 48.5 Å². The topological polar surface area (TPSA) is 86.8 Å². The van der Waals surface area contributed by atoms with Gasteiger partial charge in [0.25, 0.3) is 5.91 Å². The highest BCUT2D eigenvalue weighted by Crippen LogP contribution is 2.21. The molecule has 1 heterocycles. The number of hydrogen-bond donors (Lipinski definition) is 1. The minimum absolute atomic E-state index is 0.0325. The normalized spacial score (nSPS) is 13.9. The number of amides is 2. The van der Waals surface area contributed by atoms with Crippen LogP contribution >= 0.6 is 0 Å². The molecule has 0 aromatic heterocycles. The number of para-hydroxylation sites is 1. The van der Waals surface area contributed by atoms with Crippen LogP contribution in [0.25, 0.3) is 0 Å². The van der Waals surface area contributed by atoms with Gasteiger partial charge in [-0.05, 0) is 49.1 Å². The maximum Gasteiger partial charge on any atom is 0.253 e. The van der Waals surface area contributed by atoms with E-state index < -0.39 is 15.9 Å². The molecule has 0 atom stereocenters. The third-order valence-corrected chi connectivity index (χ3v) is 6.28. The molecule has 0 bridgehead atoms. The summed E-state index contributed by atoms with van der Waals surface area (Å²) in [6, 6.07) is 14.2. The van der Waals surface area contributed by atoms with Gasteiger partial charge in [0.1, 0.15) is 6.54 Å². The number of benzene rings is 2. The summed E-state index contributed by atoms with van der Waals surface area (Å²) in [4.78, 5) is 26.7. The van der Waals surface area contributed by atoms with Gasteiger partial charge in [-0.3, -0.25) is 13.9 Å². The number of nitrogens with one attached hydrogen (secondary N) is 1. The predicted molar refractivity (Wildman–Crippen MR) is 117 cm³/mol. The number of carbonyl (C=O) groups is 2. The monoisotopic (exact) mass is 429 g/mol. The average Bonchev–Trinajstić information content (AvgIpc) is 3.25. The Morgan fingerprint density at radius 1 is 1.03 bits per heavy atom. The first-order chi connectivity index (χ1) is 14.3. The van der Waals surface area contributed by atoms with E-state index in [1.807, 2.05) is 11.0 Å². The van der Waals surface area contributed by atoms with Crippen LogP contribution < -0.4 is 9.62 Å². The minimum Gasteiger partial charge on any atom is -0.350 e. The lowest BCUT2D eigenvalue weighted by Crippen LogP contribution is -2.40. The molecule has 0 spiro atoms. The first-order valence-electron chi connectivity index (χ1n) is 9.94. The van der Waals surface area contributed by atoms with Crippen molar-refractivity contribution < 1.29 is 18.0 Å². The summed E-state index contributed by atoms with van der Waals surface area (Å²) in [6.07, 6.45) is 3.18. The predicted octanol–water partition coefficient (Wildman–Crippen LogP) is 2.31. The lowest BCUT2D eigenvalue weighted by atomic mass is 10.1. The highest BCUT2D eigenvalue weighted by Gasteiger charge is 2.22. The van der Waals surface area contributed by atoms with Gasteiger partial charge in [-0.2, -0.15) is 0 Å². The second-order valence-corrected chi connectivity index (χ2v) is 9.44. The van der Waals surface area contributed by atoms with Crippen molar-refractivity contribution in [2.45, 2.75) is 26.3 Å². The molecular formula is C22H27N3O4S. The summed E-state index contributed by atoms with van der Waals surface area (Å²) in [6.45, 7) is 3.36. The van der Waals surface area contributed by atoms with E-state index in [9.17, 15) is 18.0 Å². The van der Waals surface area contributed by atoms with Crippen LogP contribution in [0.1, 0.15) is 34.3 Å². The molecule has 0 saturated carbocycles. The molecule has 1 aliphatic heterocycles. The van der Waals surface area contributed by atoms with Crippen molar-refractivity contribution in [1.29, 1.82) is 0 Å². The highest BCUT2D eigenvalue weighted by molar-refractivity contribution is 7.92. The Bertz CT molecular complexity index is 1010. The van der Waals surface area contributed by atoms with Crippen LogP contribution in [0.5, 0.6) is 0 Å². The van der Waals surface area contributed by atoms with E-state index in [1.165, 1.54) is 0 Å². The molecule has 160 valence electrons. The molecule has 1 saturated heterocycles. The summed E-state index contributed by atoms with van der Waals surface area (Å²) in [5, 5.41) is 2.75. The summed E-state index contributed by atoms with van der Waals surface area (Å²) in [5.74, 6) is -0.369. The maximum absolute atomic E-state index is 12.4. The van der Waals surface area contributed by atoms with Crippen LogP contribution in [0.3, 0.4) is 0 Å². The SMILES string of the molecule is Cc1ccccc1N(CC(=O)NCc1ccc(C(=O)N2CCCC2)cc1)S(C)(=O)=O. The van der Waals surface area contributed by atoms with Gasteiger partial charge in [0, 0.05) is 25.2 Å². The fraction of sp³-hybridized carbons (Fsp3) is 0.364. The molecule has 7 nitrogen and oxygen atoms in total. The molecule has 1 N–H and O–H groups in total. The van der Waals surface area contributed by atoms with Gasteiger partial charge in [-0.15, -0.1) is 0 Å². The molecule has 0 unspecified atom stereocenters. The Balaban J connectivity index is 1.60. The summed E-state index contributed by atoms with van der Waals surface area (Å²) in [5.41, 5.74) is 2.73. The molecule has 0 radical (unpaired) electrons. The van der Waals surface area contributed by atoms with Crippen LogP contribution in [-0.2, 0) is 21.4 Å². The minimum atomic E-state index is -3.61. The number of nitrogens with zero attached hydrogens (tertiary/aromatic N) is 2. The number of hydrogen-bond acceptors (Lipinski definition) is 4. The summed E-state index contributed by atoms with van der Waals surface area (Å²) in [7, 11) is -3.61. The Morgan fingerprint density at radius 3 is 2.27 bits per heavy atom. The van der Waals surface area contributed by atoms with Crippen molar-refractivity contribution in [2.75, 3.05) is 30.2 Å². The second-order valence-electron chi connectivity index (χ2n) is 7.53. The molecular weight excluding hydrogens is 402 g/mol. The standard InChI is InChI=1S/C22H27N3O4S/c1-17-7-3-4-8-20(17)25(30(2,28)29)16-21(26)23-15-18-9-11-19(12-10-18)22(27)24-13-5-6-14-24/h3-4,7-12H,5-6,13-16H2,1-2H3,(H,23,26). The third kappa shape index (κ3) is 5.38. The number of carbonyl (C=O) groups excluding carboxylic acids is 2. The number of sulfonamides is 1. The maximum atomic E-state index is 12.4. The molecule has 30 heavy (non-hydrogen) atoms. The number of anilines is 1. The highest BCUT2D eigenvalue weighted by atomic mass is 32.2.